The van der Waals surface area contributed by atoms with Crippen LogP contribution in [-0.4, -0.2) is 22.5 Å². The number of ether oxygens (including phenoxy) is 2. The molecule has 0 unspecified atom stereocenters. The second-order valence-electron chi connectivity index (χ2n) is 6.17. The predicted molar refractivity (Wildman–Crippen MR) is 110 cm³/mol. The van der Waals surface area contributed by atoms with Crippen LogP contribution in [0.25, 0.3) is 0 Å². The minimum absolute atomic E-state index is 0.225. The van der Waals surface area contributed by atoms with Crippen molar-refractivity contribution in [2.75, 3.05) is 6.61 Å². The molecule has 0 bridgehead atoms. The SMILES string of the molecule is Cc1cn(O)ccc1=NC(=O)COc1cc(Cl)ccc1Oc1cc(Cl)cc(C#N)c1. The van der Waals surface area contributed by atoms with Crippen LogP contribution in [0.2, 0.25) is 10.0 Å². The van der Waals surface area contributed by atoms with E-state index in [1.165, 1.54) is 36.7 Å². The molecule has 2 aromatic carbocycles. The van der Waals surface area contributed by atoms with Crippen molar-refractivity contribution in [2.24, 2.45) is 4.99 Å². The van der Waals surface area contributed by atoms with Crippen LogP contribution < -0.4 is 14.8 Å². The Bertz CT molecular complexity index is 1220. The summed E-state index contributed by atoms with van der Waals surface area (Å²) in [6.45, 7) is 1.35. The highest BCUT2D eigenvalue weighted by Gasteiger charge is 2.11. The Kier molecular flexibility index (Phi) is 6.62. The number of halogens is 2. The maximum atomic E-state index is 12.2. The monoisotopic (exact) mass is 443 g/mol. The molecule has 0 atom stereocenters. The number of nitriles is 1. The van der Waals surface area contributed by atoms with E-state index in [1.54, 1.807) is 25.1 Å². The number of benzene rings is 2. The lowest BCUT2D eigenvalue weighted by Crippen LogP contribution is -2.16. The van der Waals surface area contributed by atoms with Crippen LogP contribution in [0.3, 0.4) is 0 Å². The zero-order valence-electron chi connectivity index (χ0n) is 15.7. The molecule has 0 saturated heterocycles. The predicted octanol–water partition coefficient (Wildman–Crippen LogP) is 4.51. The zero-order valence-corrected chi connectivity index (χ0v) is 17.2. The molecule has 9 heteroatoms. The Morgan fingerprint density at radius 1 is 1.17 bits per heavy atom. The molecule has 0 spiro atoms. The molecular formula is C21H15Cl2N3O4. The Labute approximate surface area is 181 Å². The van der Waals surface area contributed by atoms with Crippen molar-refractivity contribution < 1.29 is 19.5 Å². The first-order valence-corrected chi connectivity index (χ1v) is 9.36. The lowest BCUT2D eigenvalue weighted by Gasteiger charge is -2.12. The van der Waals surface area contributed by atoms with Gasteiger partial charge in [0.15, 0.2) is 18.1 Å². The van der Waals surface area contributed by atoms with E-state index in [2.05, 4.69) is 4.99 Å². The molecule has 0 aliphatic heterocycles. The molecule has 3 rings (SSSR count). The van der Waals surface area contributed by atoms with Crippen molar-refractivity contribution in [1.29, 1.82) is 5.26 Å². The molecule has 0 saturated carbocycles. The van der Waals surface area contributed by atoms with E-state index in [0.29, 0.717) is 32.3 Å². The number of pyridine rings is 1. The summed E-state index contributed by atoms with van der Waals surface area (Å²) in [4.78, 5) is 16.2. The molecular weight excluding hydrogens is 429 g/mol. The van der Waals surface area contributed by atoms with Crippen LogP contribution in [0.15, 0.2) is 59.9 Å². The van der Waals surface area contributed by atoms with Crippen molar-refractivity contribution in [3.63, 3.8) is 0 Å². The molecule has 152 valence electrons. The molecule has 0 aliphatic rings. The molecule has 0 fully saturated rings. The van der Waals surface area contributed by atoms with Gasteiger partial charge in [-0.05, 0) is 48.9 Å². The third kappa shape index (κ3) is 5.54. The number of amides is 1. The van der Waals surface area contributed by atoms with E-state index >= 15 is 0 Å². The normalized spacial score (nSPS) is 11.1. The Balaban J connectivity index is 1.80. The van der Waals surface area contributed by atoms with Crippen molar-refractivity contribution in [2.45, 2.75) is 6.92 Å². The lowest BCUT2D eigenvalue weighted by atomic mass is 10.2. The Morgan fingerprint density at radius 3 is 2.70 bits per heavy atom. The maximum absolute atomic E-state index is 12.2. The lowest BCUT2D eigenvalue weighted by molar-refractivity contribution is -0.120. The van der Waals surface area contributed by atoms with Gasteiger partial charge in [0.1, 0.15) is 5.75 Å². The van der Waals surface area contributed by atoms with E-state index in [0.717, 1.165) is 4.73 Å². The third-order valence-corrected chi connectivity index (χ3v) is 4.30. The highest BCUT2D eigenvalue weighted by molar-refractivity contribution is 6.31. The molecule has 0 radical (unpaired) electrons. The molecule has 30 heavy (non-hydrogen) atoms. The van der Waals surface area contributed by atoms with Gasteiger partial charge >= 0.3 is 0 Å². The van der Waals surface area contributed by atoms with Gasteiger partial charge in [0, 0.05) is 28.5 Å². The summed E-state index contributed by atoms with van der Waals surface area (Å²) in [6.07, 6.45) is 2.79. The van der Waals surface area contributed by atoms with Gasteiger partial charge in [-0.25, -0.2) is 9.72 Å². The van der Waals surface area contributed by atoms with E-state index in [1.807, 2.05) is 6.07 Å². The summed E-state index contributed by atoms with van der Waals surface area (Å²) in [5.41, 5.74) is 0.958. The number of carbonyl (C=O) groups is 1. The second kappa shape index (κ2) is 9.35. The van der Waals surface area contributed by atoms with Gasteiger partial charge < -0.3 is 14.7 Å². The van der Waals surface area contributed by atoms with Crippen molar-refractivity contribution in [3.05, 3.63) is 81.4 Å². The molecule has 1 aromatic heterocycles. The smallest absolute Gasteiger partial charge is 0.284 e. The van der Waals surface area contributed by atoms with Crippen molar-refractivity contribution in [3.8, 4) is 23.3 Å². The summed E-state index contributed by atoms with van der Waals surface area (Å²) in [5.74, 6) is 0.312. The van der Waals surface area contributed by atoms with Crippen LogP contribution in [0, 0.1) is 18.3 Å². The van der Waals surface area contributed by atoms with Crippen LogP contribution in [0.4, 0.5) is 0 Å². The van der Waals surface area contributed by atoms with Gasteiger partial charge in [0.2, 0.25) is 0 Å². The highest BCUT2D eigenvalue weighted by atomic mass is 35.5. The molecule has 3 aromatic rings. The van der Waals surface area contributed by atoms with Crippen molar-refractivity contribution >= 4 is 29.1 Å². The maximum Gasteiger partial charge on any atom is 0.284 e. The van der Waals surface area contributed by atoms with Gasteiger partial charge in [-0.15, -0.1) is 0 Å². The summed E-state index contributed by atoms with van der Waals surface area (Å²) >= 11 is 12.0. The molecule has 0 aliphatic carbocycles. The van der Waals surface area contributed by atoms with Gasteiger partial charge in [-0.1, -0.05) is 23.2 Å². The largest absolute Gasteiger partial charge is 0.480 e. The average molecular weight is 444 g/mol. The molecule has 1 heterocycles. The standard InChI is InChI=1S/C21H15Cl2N3O4/c1-13-11-26(28)5-4-18(13)25-21(27)12-29-20-9-15(22)2-3-19(20)30-17-7-14(10-24)6-16(23)8-17/h2-9,11,28H,12H2,1H3. The average Bonchev–Trinajstić information content (AvgIpc) is 2.70. The second-order valence-corrected chi connectivity index (χ2v) is 7.04. The molecule has 1 N–H and O–H groups in total. The fourth-order valence-electron chi connectivity index (χ4n) is 2.51. The van der Waals surface area contributed by atoms with E-state index in [4.69, 9.17) is 37.9 Å². The summed E-state index contributed by atoms with van der Waals surface area (Å²) in [6, 6.07) is 12.8. The summed E-state index contributed by atoms with van der Waals surface area (Å²) in [5, 5.41) is 19.6. The molecule has 7 nitrogen and oxygen atoms in total. The minimum atomic E-state index is -0.533. The van der Waals surface area contributed by atoms with Gasteiger partial charge in [-0.2, -0.15) is 5.26 Å². The number of aryl methyl sites for hydroxylation is 1. The fourth-order valence-corrected chi connectivity index (χ4v) is 2.90. The van der Waals surface area contributed by atoms with Crippen LogP contribution in [-0.2, 0) is 4.79 Å². The number of hydrogen-bond donors (Lipinski definition) is 1. The van der Waals surface area contributed by atoms with E-state index in [9.17, 15) is 10.0 Å². The minimum Gasteiger partial charge on any atom is -0.480 e. The fraction of sp³-hybridized carbons (Fsp3) is 0.0952. The number of hydrogen-bond acceptors (Lipinski definition) is 5. The zero-order chi connectivity index (χ0) is 21.7. The first-order chi connectivity index (χ1) is 14.3. The number of aromatic nitrogens is 1. The van der Waals surface area contributed by atoms with Gasteiger partial charge in [-0.3, -0.25) is 4.79 Å². The van der Waals surface area contributed by atoms with Crippen LogP contribution in [0.5, 0.6) is 17.2 Å². The van der Waals surface area contributed by atoms with Crippen LogP contribution >= 0.6 is 23.2 Å². The van der Waals surface area contributed by atoms with Gasteiger partial charge in [0.05, 0.1) is 17.0 Å². The Hall–Kier alpha value is -3.47. The van der Waals surface area contributed by atoms with Crippen LogP contribution in [0.1, 0.15) is 11.1 Å². The number of rotatable bonds is 5. The topological polar surface area (TPSA) is 96.8 Å². The number of carbonyl (C=O) groups excluding carboxylic acids is 1. The quantitative estimate of drug-likeness (QED) is 0.584. The van der Waals surface area contributed by atoms with E-state index in [-0.39, 0.29) is 18.1 Å². The van der Waals surface area contributed by atoms with Gasteiger partial charge in [0.25, 0.3) is 5.91 Å². The first kappa shape index (κ1) is 21.2. The summed E-state index contributed by atoms with van der Waals surface area (Å²) in [7, 11) is 0. The first-order valence-electron chi connectivity index (χ1n) is 8.60. The highest BCUT2D eigenvalue weighted by Crippen LogP contribution is 2.35. The third-order valence-electron chi connectivity index (χ3n) is 3.85. The number of nitrogens with zero attached hydrogens (tertiary/aromatic N) is 3. The van der Waals surface area contributed by atoms with E-state index < -0.39 is 5.91 Å². The molecule has 1 amide bonds. The van der Waals surface area contributed by atoms with Crippen molar-refractivity contribution in [1.82, 2.24) is 4.73 Å². The summed E-state index contributed by atoms with van der Waals surface area (Å²) < 4.78 is 12.2. The Morgan fingerprint density at radius 2 is 1.97 bits per heavy atom.